The van der Waals surface area contributed by atoms with Crippen LogP contribution in [0, 0.1) is 0 Å². The molecule has 3 rings (SSSR count). The first-order valence-corrected chi connectivity index (χ1v) is 8.91. The van der Waals surface area contributed by atoms with Gasteiger partial charge in [-0.1, -0.05) is 36.4 Å². The monoisotopic (exact) mass is 367 g/mol. The Labute approximate surface area is 155 Å². The Balaban J connectivity index is 1.56. The van der Waals surface area contributed by atoms with Crippen molar-refractivity contribution in [3.05, 3.63) is 82.6 Å². The van der Waals surface area contributed by atoms with Crippen molar-refractivity contribution < 1.29 is 19.1 Å². The van der Waals surface area contributed by atoms with E-state index in [9.17, 15) is 9.59 Å². The maximum absolute atomic E-state index is 12.3. The van der Waals surface area contributed by atoms with E-state index in [0.717, 1.165) is 0 Å². The number of carbonyl (C=O) groups excluding carboxylic acids is 2. The van der Waals surface area contributed by atoms with E-state index in [0.29, 0.717) is 21.9 Å². The average Bonchev–Trinajstić information content (AvgIpc) is 3.21. The van der Waals surface area contributed by atoms with Gasteiger partial charge >= 0.3 is 5.97 Å². The molecule has 0 aliphatic carbocycles. The van der Waals surface area contributed by atoms with E-state index in [2.05, 4.69) is 5.32 Å². The van der Waals surface area contributed by atoms with Crippen LogP contribution in [-0.2, 0) is 4.74 Å². The number of rotatable bonds is 7. The van der Waals surface area contributed by atoms with Crippen molar-refractivity contribution in [1.82, 2.24) is 0 Å². The van der Waals surface area contributed by atoms with E-state index >= 15 is 0 Å². The third kappa shape index (κ3) is 4.70. The SMILES string of the molecule is O=C(Nc1ccccc1C(=O)OCCOc1ccccc1)c1cccs1. The maximum Gasteiger partial charge on any atom is 0.340 e. The highest BCUT2D eigenvalue weighted by Gasteiger charge is 2.15. The number of nitrogens with one attached hydrogen (secondary N) is 1. The number of carbonyl (C=O) groups is 2. The molecule has 0 aliphatic heterocycles. The fourth-order valence-corrected chi connectivity index (χ4v) is 2.87. The molecule has 0 aliphatic rings. The first-order chi connectivity index (χ1) is 12.7. The van der Waals surface area contributed by atoms with Gasteiger partial charge in [0.1, 0.15) is 19.0 Å². The molecule has 2 aromatic carbocycles. The number of ether oxygens (including phenoxy) is 2. The fourth-order valence-electron chi connectivity index (χ4n) is 2.25. The first kappa shape index (κ1) is 17.7. The quantitative estimate of drug-likeness (QED) is 0.501. The molecule has 0 bridgehead atoms. The van der Waals surface area contributed by atoms with Crippen molar-refractivity contribution in [2.75, 3.05) is 18.5 Å². The Hall–Kier alpha value is -3.12. The zero-order valence-electron chi connectivity index (χ0n) is 13.9. The van der Waals surface area contributed by atoms with E-state index in [1.54, 1.807) is 36.4 Å². The Morgan fingerprint density at radius 3 is 2.42 bits per heavy atom. The van der Waals surface area contributed by atoms with Crippen molar-refractivity contribution in [3.63, 3.8) is 0 Å². The van der Waals surface area contributed by atoms with Crippen LogP contribution >= 0.6 is 11.3 Å². The summed E-state index contributed by atoms with van der Waals surface area (Å²) in [7, 11) is 0. The molecule has 0 saturated heterocycles. The lowest BCUT2D eigenvalue weighted by molar-refractivity contribution is 0.0451. The van der Waals surface area contributed by atoms with Crippen LogP contribution < -0.4 is 10.1 Å². The van der Waals surface area contributed by atoms with Gasteiger partial charge in [-0.3, -0.25) is 4.79 Å². The maximum atomic E-state index is 12.3. The number of benzene rings is 2. The standard InChI is InChI=1S/C20H17NO4S/c22-19(18-11-6-14-26-18)21-17-10-5-4-9-16(17)20(23)25-13-12-24-15-7-2-1-3-8-15/h1-11,14H,12-13H2,(H,21,22). The topological polar surface area (TPSA) is 64.6 Å². The molecule has 0 radical (unpaired) electrons. The second-order valence-corrected chi connectivity index (χ2v) is 6.22. The van der Waals surface area contributed by atoms with Gasteiger partial charge in [0.15, 0.2) is 0 Å². The van der Waals surface area contributed by atoms with Gasteiger partial charge in [-0.2, -0.15) is 0 Å². The van der Waals surface area contributed by atoms with Gasteiger partial charge in [0.2, 0.25) is 0 Å². The van der Waals surface area contributed by atoms with E-state index in [4.69, 9.17) is 9.47 Å². The van der Waals surface area contributed by atoms with Crippen LogP contribution in [0.1, 0.15) is 20.0 Å². The average molecular weight is 367 g/mol. The Morgan fingerprint density at radius 1 is 0.885 bits per heavy atom. The highest BCUT2D eigenvalue weighted by atomic mass is 32.1. The zero-order chi connectivity index (χ0) is 18.2. The molecular weight excluding hydrogens is 350 g/mol. The molecule has 0 unspecified atom stereocenters. The summed E-state index contributed by atoms with van der Waals surface area (Å²) in [5.74, 6) is -0.0523. The summed E-state index contributed by atoms with van der Waals surface area (Å²) in [4.78, 5) is 25.1. The molecule has 1 heterocycles. The number of esters is 1. The summed E-state index contributed by atoms with van der Waals surface area (Å²) in [5, 5.41) is 4.57. The summed E-state index contributed by atoms with van der Waals surface area (Å²) < 4.78 is 10.7. The van der Waals surface area contributed by atoms with Crippen LogP contribution in [0.25, 0.3) is 0 Å². The van der Waals surface area contributed by atoms with E-state index in [1.165, 1.54) is 11.3 Å². The molecule has 3 aromatic rings. The summed E-state index contributed by atoms with van der Waals surface area (Å²) in [5.41, 5.74) is 0.719. The van der Waals surface area contributed by atoms with Crippen molar-refractivity contribution in [3.8, 4) is 5.75 Å². The minimum atomic E-state index is -0.510. The largest absolute Gasteiger partial charge is 0.490 e. The molecule has 6 heteroatoms. The van der Waals surface area contributed by atoms with Crippen molar-refractivity contribution in [2.45, 2.75) is 0 Å². The number of para-hydroxylation sites is 2. The van der Waals surface area contributed by atoms with Crippen LogP contribution in [0.3, 0.4) is 0 Å². The lowest BCUT2D eigenvalue weighted by Crippen LogP contribution is -2.16. The second kappa shape index (κ2) is 8.82. The van der Waals surface area contributed by atoms with Crippen LogP contribution in [0.5, 0.6) is 5.75 Å². The molecule has 5 nitrogen and oxygen atoms in total. The minimum absolute atomic E-state index is 0.112. The normalized spacial score (nSPS) is 10.2. The molecular formula is C20H17NO4S. The number of thiophene rings is 1. The molecule has 0 atom stereocenters. The Kier molecular flexibility index (Phi) is 6.01. The predicted octanol–water partition coefficient (Wildman–Crippen LogP) is 4.24. The van der Waals surface area contributed by atoms with Crippen LogP contribution in [-0.4, -0.2) is 25.1 Å². The zero-order valence-corrected chi connectivity index (χ0v) is 14.7. The van der Waals surface area contributed by atoms with Crippen molar-refractivity contribution in [1.29, 1.82) is 0 Å². The van der Waals surface area contributed by atoms with Gasteiger partial charge in [0.25, 0.3) is 5.91 Å². The molecule has 0 spiro atoms. The van der Waals surface area contributed by atoms with Gasteiger partial charge in [0.05, 0.1) is 16.1 Å². The number of hydrogen-bond donors (Lipinski definition) is 1. The molecule has 26 heavy (non-hydrogen) atoms. The van der Waals surface area contributed by atoms with Crippen molar-refractivity contribution in [2.24, 2.45) is 0 Å². The molecule has 0 fully saturated rings. The molecule has 1 amide bonds. The van der Waals surface area contributed by atoms with E-state index in [-0.39, 0.29) is 19.1 Å². The second-order valence-electron chi connectivity index (χ2n) is 5.27. The minimum Gasteiger partial charge on any atom is -0.490 e. The van der Waals surface area contributed by atoms with Crippen LogP contribution in [0.4, 0.5) is 5.69 Å². The molecule has 1 aromatic heterocycles. The Morgan fingerprint density at radius 2 is 1.65 bits per heavy atom. The van der Waals surface area contributed by atoms with E-state index < -0.39 is 5.97 Å². The smallest absolute Gasteiger partial charge is 0.340 e. The Bertz CT molecular complexity index is 863. The van der Waals surface area contributed by atoms with Gasteiger partial charge in [-0.15, -0.1) is 11.3 Å². The van der Waals surface area contributed by atoms with Crippen LogP contribution in [0.2, 0.25) is 0 Å². The van der Waals surface area contributed by atoms with Gasteiger partial charge < -0.3 is 14.8 Å². The number of anilines is 1. The first-order valence-electron chi connectivity index (χ1n) is 8.03. The highest BCUT2D eigenvalue weighted by molar-refractivity contribution is 7.12. The summed E-state index contributed by atoms with van der Waals surface area (Å²) in [6, 6.07) is 19.6. The third-order valence-electron chi connectivity index (χ3n) is 3.47. The fraction of sp³-hybridized carbons (Fsp3) is 0.100. The number of hydrogen-bond acceptors (Lipinski definition) is 5. The third-order valence-corrected chi connectivity index (χ3v) is 4.34. The molecule has 132 valence electrons. The van der Waals surface area contributed by atoms with Crippen molar-refractivity contribution >= 4 is 28.9 Å². The summed E-state index contributed by atoms with van der Waals surface area (Å²) in [6.45, 7) is 0.362. The molecule has 0 saturated carbocycles. The lowest BCUT2D eigenvalue weighted by Gasteiger charge is -2.11. The predicted molar refractivity (Wildman–Crippen MR) is 101 cm³/mol. The molecule has 1 N–H and O–H groups in total. The lowest BCUT2D eigenvalue weighted by atomic mass is 10.2. The number of amides is 1. The van der Waals surface area contributed by atoms with Crippen LogP contribution in [0.15, 0.2) is 72.1 Å². The summed E-state index contributed by atoms with van der Waals surface area (Å²) >= 11 is 1.33. The van der Waals surface area contributed by atoms with Gasteiger partial charge in [-0.05, 0) is 35.7 Å². The van der Waals surface area contributed by atoms with Gasteiger partial charge in [-0.25, -0.2) is 4.79 Å². The van der Waals surface area contributed by atoms with E-state index in [1.807, 2.05) is 35.7 Å². The van der Waals surface area contributed by atoms with Gasteiger partial charge in [0, 0.05) is 0 Å². The summed E-state index contributed by atoms with van der Waals surface area (Å²) in [6.07, 6.45) is 0. The highest BCUT2D eigenvalue weighted by Crippen LogP contribution is 2.19.